The van der Waals surface area contributed by atoms with Crippen LogP contribution in [0.15, 0.2) is 18.2 Å². The number of anilines is 1. The van der Waals surface area contributed by atoms with Gasteiger partial charge in [0.05, 0.1) is 23.8 Å². The SMILES string of the molecule is C[C@@H]1C[C@H](O)[C@H](C)N1c1ccc(C#N)c(CF)c1. The molecule has 0 saturated carbocycles. The molecule has 0 unspecified atom stereocenters. The first kappa shape index (κ1) is 12.8. The smallest absolute Gasteiger partial charge is 0.116 e. The average Bonchev–Trinajstić information content (AvgIpc) is 2.62. The largest absolute Gasteiger partial charge is 0.391 e. The lowest BCUT2D eigenvalue weighted by Crippen LogP contribution is -2.35. The first-order chi connectivity index (χ1) is 8.58. The van der Waals surface area contributed by atoms with Crippen molar-refractivity contribution in [3.05, 3.63) is 29.3 Å². The molecule has 1 heterocycles. The Kier molecular flexibility index (Phi) is 3.53. The topological polar surface area (TPSA) is 47.3 Å². The molecule has 96 valence electrons. The summed E-state index contributed by atoms with van der Waals surface area (Å²) in [4.78, 5) is 2.09. The summed E-state index contributed by atoms with van der Waals surface area (Å²) < 4.78 is 12.9. The molecule has 0 bridgehead atoms. The van der Waals surface area contributed by atoms with Gasteiger partial charge in [-0.3, -0.25) is 0 Å². The molecule has 1 aromatic rings. The molecule has 0 aromatic heterocycles. The molecule has 0 spiro atoms. The summed E-state index contributed by atoms with van der Waals surface area (Å²) in [5.74, 6) is 0. The second-order valence-corrected chi connectivity index (χ2v) is 4.89. The molecular weight excluding hydrogens is 231 g/mol. The molecular formula is C14H17FN2O. The van der Waals surface area contributed by atoms with Gasteiger partial charge in [0.15, 0.2) is 0 Å². The number of halogens is 1. The molecule has 4 heteroatoms. The molecule has 0 amide bonds. The minimum absolute atomic E-state index is 0.0143. The minimum atomic E-state index is -0.643. The van der Waals surface area contributed by atoms with E-state index in [2.05, 4.69) is 4.90 Å². The normalized spacial score (nSPS) is 27.3. The Bertz CT molecular complexity index is 483. The third kappa shape index (κ3) is 2.06. The van der Waals surface area contributed by atoms with Gasteiger partial charge in [-0.25, -0.2) is 4.39 Å². The second kappa shape index (κ2) is 4.95. The Hall–Kier alpha value is -1.60. The van der Waals surface area contributed by atoms with E-state index in [1.165, 1.54) is 0 Å². The fraction of sp³-hybridized carbons (Fsp3) is 0.500. The Labute approximate surface area is 106 Å². The number of benzene rings is 1. The van der Waals surface area contributed by atoms with Crippen molar-refractivity contribution in [3.8, 4) is 6.07 Å². The Morgan fingerprint density at radius 1 is 1.50 bits per heavy atom. The number of hydrogen-bond acceptors (Lipinski definition) is 3. The molecule has 2 rings (SSSR count). The molecule has 0 radical (unpaired) electrons. The van der Waals surface area contributed by atoms with E-state index >= 15 is 0 Å². The fourth-order valence-electron chi connectivity index (χ4n) is 2.70. The number of aliphatic hydroxyl groups is 1. The highest BCUT2D eigenvalue weighted by Crippen LogP contribution is 2.31. The number of nitrogens with zero attached hydrogens (tertiary/aromatic N) is 2. The quantitative estimate of drug-likeness (QED) is 0.874. The van der Waals surface area contributed by atoms with Crippen molar-refractivity contribution in [3.63, 3.8) is 0 Å². The predicted molar refractivity (Wildman–Crippen MR) is 68.0 cm³/mol. The summed E-state index contributed by atoms with van der Waals surface area (Å²) in [6.07, 6.45) is 0.357. The van der Waals surface area contributed by atoms with E-state index in [4.69, 9.17) is 5.26 Å². The molecule has 3 nitrogen and oxygen atoms in total. The van der Waals surface area contributed by atoms with Gasteiger partial charge in [-0.1, -0.05) is 0 Å². The van der Waals surface area contributed by atoms with E-state index in [1.54, 1.807) is 12.1 Å². The summed E-state index contributed by atoms with van der Waals surface area (Å²) in [7, 11) is 0. The van der Waals surface area contributed by atoms with Gasteiger partial charge < -0.3 is 10.0 Å². The second-order valence-electron chi connectivity index (χ2n) is 4.89. The van der Waals surface area contributed by atoms with Gasteiger partial charge in [-0.05, 0) is 38.5 Å². The molecule has 1 aliphatic heterocycles. The monoisotopic (exact) mass is 248 g/mol. The van der Waals surface area contributed by atoms with Crippen molar-refractivity contribution >= 4 is 5.69 Å². The third-order valence-corrected chi connectivity index (χ3v) is 3.70. The lowest BCUT2D eigenvalue weighted by molar-refractivity contribution is 0.168. The summed E-state index contributed by atoms with van der Waals surface area (Å²) in [5, 5.41) is 18.7. The highest BCUT2D eigenvalue weighted by molar-refractivity contribution is 5.56. The van der Waals surface area contributed by atoms with E-state index in [1.807, 2.05) is 26.0 Å². The summed E-state index contributed by atoms with van der Waals surface area (Å²) in [5.41, 5.74) is 1.66. The van der Waals surface area contributed by atoms with E-state index in [9.17, 15) is 9.50 Å². The molecule has 1 aromatic carbocycles. The van der Waals surface area contributed by atoms with Crippen molar-refractivity contribution in [1.82, 2.24) is 0 Å². The van der Waals surface area contributed by atoms with Crippen LogP contribution < -0.4 is 4.90 Å². The van der Waals surface area contributed by atoms with E-state index in [0.717, 1.165) is 5.69 Å². The number of aliphatic hydroxyl groups excluding tert-OH is 1. The van der Waals surface area contributed by atoms with E-state index < -0.39 is 6.67 Å². The van der Waals surface area contributed by atoms with Crippen molar-refractivity contribution in [2.45, 2.75) is 45.1 Å². The maximum atomic E-state index is 12.9. The van der Waals surface area contributed by atoms with Crippen LogP contribution in [-0.2, 0) is 6.67 Å². The fourth-order valence-corrected chi connectivity index (χ4v) is 2.70. The Morgan fingerprint density at radius 2 is 2.22 bits per heavy atom. The van der Waals surface area contributed by atoms with Crippen LogP contribution in [0, 0.1) is 11.3 Å². The summed E-state index contributed by atoms with van der Waals surface area (Å²) in [6.45, 7) is 3.36. The molecule has 1 fully saturated rings. The van der Waals surface area contributed by atoms with Crippen LogP contribution in [-0.4, -0.2) is 23.3 Å². The molecule has 18 heavy (non-hydrogen) atoms. The van der Waals surface area contributed by atoms with Crippen molar-refractivity contribution in [2.24, 2.45) is 0 Å². The van der Waals surface area contributed by atoms with Gasteiger partial charge in [0.2, 0.25) is 0 Å². The van der Waals surface area contributed by atoms with Crippen LogP contribution in [0.3, 0.4) is 0 Å². The van der Waals surface area contributed by atoms with Crippen LogP contribution in [0.2, 0.25) is 0 Å². The zero-order valence-electron chi connectivity index (χ0n) is 10.6. The van der Waals surface area contributed by atoms with Gasteiger partial charge in [-0.15, -0.1) is 0 Å². The highest BCUT2D eigenvalue weighted by Gasteiger charge is 2.35. The number of nitriles is 1. The highest BCUT2D eigenvalue weighted by atomic mass is 19.1. The lowest BCUT2D eigenvalue weighted by Gasteiger charge is -2.29. The van der Waals surface area contributed by atoms with Crippen molar-refractivity contribution in [2.75, 3.05) is 4.90 Å². The summed E-state index contributed by atoms with van der Waals surface area (Å²) in [6, 6.07) is 7.40. The van der Waals surface area contributed by atoms with Gasteiger partial charge in [0, 0.05) is 17.3 Å². The first-order valence-electron chi connectivity index (χ1n) is 6.14. The maximum Gasteiger partial charge on any atom is 0.116 e. The average molecular weight is 248 g/mol. The third-order valence-electron chi connectivity index (χ3n) is 3.70. The molecule has 1 aliphatic rings. The standard InChI is InChI=1S/C14H17FN2O/c1-9-5-14(18)10(2)17(9)13-4-3-11(8-16)12(6-13)7-15/h3-4,6,9-10,14,18H,5,7H2,1-2H3/t9-,10+,14+/m1/s1. The van der Waals surface area contributed by atoms with Gasteiger partial charge in [0.1, 0.15) is 6.67 Å². The van der Waals surface area contributed by atoms with Crippen LogP contribution >= 0.6 is 0 Å². The van der Waals surface area contributed by atoms with Crippen molar-refractivity contribution in [1.29, 1.82) is 5.26 Å². The van der Waals surface area contributed by atoms with Gasteiger partial charge >= 0.3 is 0 Å². The number of alkyl halides is 1. The predicted octanol–water partition coefficient (Wildman–Crippen LogP) is 2.38. The molecule has 0 aliphatic carbocycles. The Morgan fingerprint density at radius 3 is 2.72 bits per heavy atom. The maximum absolute atomic E-state index is 12.9. The van der Waals surface area contributed by atoms with Gasteiger partial charge in [0.25, 0.3) is 0 Å². The Balaban J connectivity index is 2.37. The molecule has 1 N–H and O–H groups in total. The lowest BCUT2D eigenvalue weighted by atomic mass is 10.1. The van der Waals surface area contributed by atoms with Crippen LogP contribution in [0.4, 0.5) is 10.1 Å². The number of rotatable bonds is 2. The first-order valence-corrected chi connectivity index (χ1v) is 6.14. The number of hydrogen-bond donors (Lipinski definition) is 1. The van der Waals surface area contributed by atoms with Crippen LogP contribution in [0.1, 0.15) is 31.4 Å². The van der Waals surface area contributed by atoms with Crippen molar-refractivity contribution < 1.29 is 9.50 Å². The zero-order valence-corrected chi connectivity index (χ0v) is 10.6. The minimum Gasteiger partial charge on any atom is -0.391 e. The van der Waals surface area contributed by atoms with E-state index in [-0.39, 0.29) is 18.2 Å². The van der Waals surface area contributed by atoms with Gasteiger partial charge in [-0.2, -0.15) is 5.26 Å². The molecule has 3 atom stereocenters. The molecule has 1 saturated heterocycles. The summed E-state index contributed by atoms with van der Waals surface area (Å²) >= 11 is 0. The van der Waals surface area contributed by atoms with E-state index in [0.29, 0.717) is 17.5 Å². The zero-order chi connectivity index (χ0) is 13.3. The van der Waals surface area contributed by atoms with Crippen LogP contribution in [0.5, 0.6) is 0 Å². The van der Waals surface area contributed by atoms with Crippen LogP contribution in [0.25, 0.3) is 0 Å².